The van der Waals surface area contributed by atoms with E-state index in [2.05, 4.69) is 19.7 Å². The third kappa shape index (κ3) is 5.43. The quantitative estimate of drug-likeness (QED) is 0.505. The maximum absolute atomic E-state index is 11.0. The number of ether oxygens (including phenoxy) is 2. The molecule has 0 rings (SSSR count). The fourth-order valence-electron chi connectivity index (χ4n) is 0.912. The summed E-state index contributed by atoms with van der Waals surface area (Å²) in [5, 5.41) is 7.63. The van der Waals surface area contributed by atoms with Gasteiger partial charge in [-0.1, -0.05) is 13.8 Å². The highest BCUT2D eigenvalue weighted by atomic mass is 16.5. The highest BCUT2D eigenvalue weighted by Gasteiger charge is 2.13. The Morgan fingerprint density at radius 3 is 1.50 bits per heavy atom. The zero-order valence-electron chi connectivity index (χ0n) is 10.1. The molecule has 0 spiro atoms. The van der Waals surface area contributed by atoms with Gasteiger partial charge in [-0.05, 0) is 0 Å². The van der Waals surface area contributed by atoms with Crippen LogP contribution < -0.4 is 0 Å². The summed E-state index contributed by atoms with van der Waals surface area (Å²) in [6.45, 7) is 3.93. The van der Waals surface area contributed by atoms with Gasteiger partial charge in [-0.2, -0.15) is 10.2 Å². The first kappa shape index (κ1) is 14.5. The molecule has 0 heterocycles. The lowest BCUT2D eigenvalue weighted by Crippen LogP contribution is -2.16. The van der Waals surface area contributed by atoms with Crippen LogP contribution in [0.3, 0.4) is 0 Å². The van der Waals surface area contributed by atoms with Crippen LogP contribution in [0.4, 0.5) is 0 Å². The number of esters is 2. The Hall–Kier alpha value is -1.46. The monoisotopic (exact) mass is 230 g/mol. The molecule has 0 aromatic heterocycles. The van der Waals surface area contributed by atoms with Crippen LogP contribution in [-0.2, 0) is 19.1 Å². The molecule has 92 valence electrons. The van der Waals surface area contributed by atoms with Gasteiger partial charge in [0, 0.05) is 0 Å². The molecule has 0 saturated carbocycles. The molecule has 6 heteroatoms. The molecule has 2 atom stereocenters. The van der Waals surface area contributed by atoms with E-state index in [1.165, 1.54) is 14.2 Å². The van der Waals surface area contributed by atoms with E-state index in [1.807, 2.05) is 0 Å². The van der Waals surface area contributed by atoms with E-state index in [-0.39, 0.29) is 36.9 Å². The molecule has 0 aliphatic carbocycles. The maximum atomic E-state index is 11.0. The minimum absolute atomic E-state index is 0.264. The van der Waals surface area contributed by atoms with Crippen molar-refractivity contribution in [1.29, 1.82) is 0 Å². The fourth-order valence-corrected chi connectivity index (χ4v) is 0.912. The first-order valence-electron chi connectivity index (χ1n) is 5.01. The van der Waals surface area contributed by atoms with E-state index in [1.54, 1.807) is 13.8 Å². The molecule has 0 radical (unpaired) electrons. The van der Waals surface area contributed by atoms with Crippen LogP contribution in [-0.4, -0.2) is 39.2 Å². The van der Waals surface area contributed by atoms with Crippen LogP contribution in [0.2, 0.25) is 0 Å². The number of carbonyl (C=O) groups is 2. The average Bonchev–Trinajstić information content (AvgIpc) is 2.31. The number of hydrogen-bond donors (Lipinski definition) is 0. The summed E-state index contributed by atoms with van der Waals surface area (Å²) in [6, 6.07) is 0. The zero-order valence-corrected chi connectivity index (χ0v) is 10.1. The Labute approximate surface area is 95.0 Å². The van der Waals surface area contributed by atoms with E-state index in [0.717, 1.165) is 0 Å². The summed E-state index contributed by atoms with van der Waals surface area (Å²) >= 11 is 0. The van der Waals surface area contributed by atoms with Gasteiger partial charge >= 0.3 is 11.9 Å². The minimum atomic E-state index is -0.319. The molecule has 0 aliphatic rings. The Bertz CT molecular complexity index is 240. The average molecular weight is 230 g/mol. The molecular formula is C10H18N2O4. The fraction of sp³-hybridized carbons (Fsp3) is 0.800. The first-order valence-corrected chi connectivity index (χ1v) is 5.01. The predicted molar refractivity (Wildman–Crippen MR) is 57.0 cm³/mol. The van der Waals surface area contributed by atoms with Crippen LogP contribution in [0.1, 0.15) is 13.8 Å². The molecule has 0 aromatic carbocycles. The summed E-state index contributed by atoms with van der Waals surface area (Å²) in [7, 11) is 2.66. The number of hydrogen-bond acceptors (Lipinski definition) is 6. The molecule has 0 saturated heterocycles. The van der Waals surface area contributed by atoms with Crippen LogP contribution in [0.25, 0.3) is 0 Å². The predicted octanol–water partition coefficient (Wildman–Crippen LogP) is 1.06. The maximum Gasteiger partial charge on any atom is 0.310 e. The summed E-state index contributed by atoms with van der Waals surface area (Å²) in [5.74, 6) is -1.27. The van der Waals surface area contributed by atoms with Crippen molar-refractivity contribution in [2.45, 2.75) is 13.8 Å². The summed E-state index contributed by atoms with van der Waals surface area (Å²) in [5.41, 5.74) is 0. The SMILES string of the molecule is COC(=O)C(C)CN=NCC(C)C(=O)OC. The number of azo groups is 1. The molecule has 0 fully saturated rings. The topological polar surface area (TPSA) is 77.3 Å². The van der Waals surface area contributed by atoms with E-state index >= 15 is 0 Å². The van der Waals surface area contributed by atoms with Gasteiger partial charge in [0.1, 0.15) is 0 Å². The van der Waals surface area contributed by atoms with E-state index < -0.39 is 0 Å². The highest BCUT2D eigenvalue weighted by molar-refractivity contribution is 5.72. The molecule has 0 amide bonds. The standard InChI is InChI=1S/C10H18N2O4/c1-7(9(13)15-3)5-11-12-6-8(2)10(14)16-4/h7-8H,5-6H2,1-4H3. The Morgan fingerprint density at radius 2 is 1.25 bits per heavy atom. The van der Waals surface area contributed by atoms with Gasteiger partial charge in [0.2, 0.25) is 0 Å². The Kier molecular flexibility index (Phi) is 7.07. The summed E-state index contributed by atoms with van der Waals surface area (Å²) < 4.78 is 9.06. The number of methoxy groups -OCH3 is 2. The van der Waals surface area contributed by atoms with E-state index in [9.17, 15) is 9.59 Å². The third-order valence-corrected chi connectivity index (χ3v) is 2.02. The lowest BCUT2D eigenvalue weighted by molar-refractivity contribution is -0.145. The van der Waals surface area contributed by atoms with Crippen molar-refractivity contribution in [2.24, 2.45) is 22.1 Å². The Balaban J connectivity index is 3.86. The normalized spacial score (nSPS) is 14.5. The molecule has 6 nitrogen and oxygen atoms in total. The molecule has 0 aromatic rings. The van der Waals surface area contributed by atoms with Gasteiger partial charge in [0.25, 0.3) is 0 Å². The van der Waals surface area contributed by atoms with Crippen LogP contribution in [0, 0.1) is 11.8 Å². The summed E-state index contributed by atoms with van der Waals surface area (Å²) in [4.78, 5) is 22.0. The largest absolute Gasteiger partial charge is 0.469 e. The van der Waals surface area contributed by atoms with Gasteiger partial charge in [0.15, 0.2) is 0 Å². The van der Waals surface area contributed by atoms with Crippen molar-refractivity contribution in [3.05, 3.63) is 0 Å². The molecule has 0 aliphatic heterocycles. The van der Waals surface area contributed by atoms with E-state index in [4.69, 9.17) is 0 Å². The van der Waals surface area contributed by atoms with Crippen molar-refractivity contribution < 1.29 is 19.1 Å². The lowest BCUT2D eigenvalue weighted by atomic mass is 10.2. The second-order valence-electron chi connectivity index (χ2n) is 3.50. The van der Waals surface area contributed by atoms with Crippen molar-refractivity contribution in [1.82, 2.24) is 0 Å². The van der Waals surface area contributed by atoms with Gasteiger partial charge in [0.05, 0.1) is 39.1 Å². The van der Waals surface area contributed by atoms with E-state index in [0.29, 0.717) is 0 Å². The number of nitrogens with zero attached hydrogens (tertiary/aromatic N) is 2. The van der Waals surface area contributed by atoms with Crippen LogP contribution in [0.15, 0.2) is 10.2 Å². The smallest absolute Gasteiger partial charge is 0.310 e. The highest BCUT2D eigenvalue weighted by Crippen LogP contribution is 2.01. The third-order valence-electron chi connectivity index (χ3n) is 2.02. The molecule has 0 bridgehead atoms. The minimum Gasteiger partial charge on any atom is -0.469 e. The van der Waals surface area contributed by atoms with Gasteiger partial charge in [-0.25, -0.2) is 0 Å². The molecule has 16 heavy (non-hydrogen) atoms. The first-order chi connectivity index (χ1) is 7.52. The van der Waals surface area contributed by atoms with Gasteiger partial charge in [-0.15, -0.1) is 0 Å². The van der Waals surface area contributed by atoms with Gasteiger partial charge in [-0.3, -0.25) is 9.59 Å². The second kappa shape index (κ2) is 7.78. The molecule has 2 unspecified atom stereocenters. The zero-order chi connectivity index (χ0) is 12.6. The summed E-state index contributed by atoms with van der Waals surface area (Å²) in [6.07, 6.45) is 0. The van der Waals surface area contributed by atoms with Crippen molar-refractivity contribution >= 4 is 11.9 Å². The lowest BCUT2D eigenvalue weighted by Gasteiger charge is -2.05. The van der Waals surface area contributed by atoms with Crippen molar-refractivity contribution in [2.75, 3.05) is 27.3 Å². The van der Waals surface area contributed by atoms with Gasteiger partial charge < -0.3 is 9.47 Å². The van der Waals surface area contributed by atoms with Crippen LogP contribution >= 0.6 is 0 Å². The number of carbonyl (C=O) groups excluding carboxylic acids is 2. The second-order valence-corrected chi connectivity index (χ2v) is 3.50. The Morgan fingerprint density at radius 1 is 0.938 bits per heavy atom. The number of rotatable bonds is 6. The van der Waals surface area contributed by atoms with Crippen molar-refractivity contribution in [3.63, 3.8) is 0 Å². The van der Waals surface area contributed by atoms with Crippen molar-refractivity contribution in [3.8, 4) is 0 Å². The molecule has 0 N–H and O–H groups in total. The molecular weight excluding hydrogens is 212 g/mol. The van der Waals surface area contributed by atoms with Crippen LogP contribution in [0.5, 0.6) is 0 Å².